The van der Waals surface area contributed by atoms with E-state index in [1.807, 2.05) is 24.3 Å². The number of ether oxygens (including phenoxy) is 1. The molecule has 0 bridgehead atoms. The van der Waals surface area contributed by atoms with Crippen molar-refractivity contribution in [3.63, 3.8) is 0 Å². The summed E-state index contributed by atoms with van der Waals surface area (Å²) in [6.45, 7) is 0. The lowest BCUT2D eigenvalue weighted by atomic mass is 10.2. The van der Waals surface area contributed by atoms with E-state index in [1.54, 1.807) is 0 Å². The number of nitrogens with zero attached hydrogens (tertiary/aromatic N) is 2. The Morgan fingerprint density at radius 2 is 2.19 bits per heavy atom. The standard InChI is InChI=1S/C14H12N4O2S/c1-20-13(19)9-6-8(15)7-16-12(9)18-14-17-10-4-2-3-5-11(10)21-14/h2-7H,15H2,1H3,(H,16,17,18). The zero-order chi connectivity index (χ0) is 14.8. The number of nitrogens with two attached hydrogens (primary N) is 1. The average Bonchev–Trinajstić information content (AvgIpc) is 2.90. The van der Waals surface area contributed by atoms with Crippen molar-refractivity contribution in [2.75, 3.05) is 18.2 Å². The highest BCUT2D eigenvalue weighted by Crippen LogP contribution is 2.29. The van der Waals surface area contributed by atoms with E-state index in [-0.39, 0.29) is 5.56 Å². The topological polar surface area (TPSA) is 90.1 Å². The lowest BCUT2D eigenvalue weighted by Crippen LogP contribution is -2.08. The van der Waals surface area contributed by atoms with Gasteiger partial charge in [-0.1, -0.05) is 23.5 Å². The molecule has 3 N–H and O–H groups in total. The number of thiazole rings is 1. The van der Waals surface area contributed by atoms with Crippen LogP contribution in [0.1, 0.15) is 10.4 Å². The molecule has 6 nitrogen and oxygen atoms in total. The predicted molar refractivity (Wildman–Crippen MR) is 82.9 cm³/mol. The molecule has 21 heavy (non-hydrogen) atoms. The van der Waals surface area contributed by atoms with Crippen LogP contribution < -0.4 is 11.1 Å². The molecule has 0 aliphatic rings. The molecule has 0 radical (unpaired) electrons. The average molecular weight is 300 g/mol. The molecule has 0 fully saturated rings. The number of rotatable bonds is 3. The second-order valence-corrected chi connectivity index (χ2v) is 5.30. The summed E-state index contributed by atoms with van der Waals surface area (Å²) in [5.41, 5.74) is 7.22. The molecule has 0 unspecified atom stereocenters. The van der Waals surface area contributed by atoms with E-state index in [0.717, 1.165) is 10.2 Å². The third kappa shape index (κ3) is 2.63. The number of benzene rings is 1. The van der Waals surface area contributed by atoms with Gasteiger partial charge in [0, 0.05) is 0 Å². The number of nitrogens with one attached hydrogen (secondary N) is 1. The number of carbonyl (C=O) groups excluding carboxylic acids is 1. The second kappa shape index (κ2) is 5.37. The summed E-state index contributed by atoms with van der Waals surface area (Å²) in [5, 5.41) is 3.70. The minimum absolute atomic E-state index is 0.275. The minimum Gasteiger partial charge on any atom is -0.465 e. The molecule has 0 amide bonds. The van der Waals surface area contributed by atoms with Crippen LogP contribution in [0.15, 0.2) is 36.5 Å². The number of carbonyl (C=O) groups is 1. The molecule has 3 rings (SSSR count). The van der Waals surface area contributed by atoms with E-state index >= 15 is 0 Å². The molecule has 106 valence electrons. The van der Waals surface area contributed by atoms with Crippen molar-refractivity contribution in [1.29, 1.82) is 0 Å². The number of hydrogen-bond acceptors (Lipinski definition) is 7. The summed E-state index contributed by atoms with van der Waals surface area (Å²) >= 11 is 1.48. The van der Waals surface area contributed by atoms with Crippen LogP contribution in [0, 0.1) is 0 Å². The van der Waals surface area contributed by atoms with Crippen LogP contribution in [0.4, 0.5) is 16.6 Å². The quantitative estimate of drug-likeness (QED) is 0.723. The molecule has 0 atom stereocenters. The number of aromatic nitrogens is 2. The SMILES string of the molecule is COC(=O)c1cc(N)cnc1Nc1nc2ccccc2s1. The third-order valence-electron chi connectivity index (χ3n) is 2.83. The van der Waals surface area contributed by atoms with Gasteiger partial charge in [0.1, 0.15) is 11.4 Å². The smallest absolute Gasteiger partial charge is 0.341 e. The molecule has 2 heterocycles. The van der Waals surface area contributed by atoms with E-state index in [1.165, 1.54) is 30.7 Å². The van der Waals surface area contributed by atoms with Crippen LogP contribution in [0.2, 0.25) is 0 Å². The van der Waals surface area contributed by atoms with Gasteiger partial charge in [-0.25, -0.2) is 14.8 Å². The molecule has 1 aromatic carbocycles. The second-order valence-electron chi connectivity index (χ2n) is 4.27. The van der Waals surface area contributed by atoms with E-state index in [2.05, 4.69) is 15.3 Å². The molecule has 7 heteroatoms. The Morgan fingerprint density at radius 1 is 1.38 bits per heavy atom. The summed E-state index contributed by atoms with van der Waals surface area (Å²) in [6.07, 6.45) is 1.47. The van der Waals surface area contributed by atoms with Crippen LogP contribution in [0.25, 0.3) is 10.2 Å². The van der Waals surface area contributed by atoms with Gasteiger partial charge in [0.2, 0.25) is 0 Å². The van der Waals surface area contributed by atoms with Gasteiger partial charge in [-0.05, 0) is 18.2 Å². The molecule has 0 aliphatic carbocycles. The van der Waals surface area contributed by atoms with Gasteiger partial charge in [-0.15, -0.1) is 0 Å². The van der Waals surface area contributed by atoms with Crippen LogP contribution in [-0.4, -0.2) is 23.0 Å². The number of esters is 1. The number of anilines is 3. The summed E-state index contributed by atoms with van der Waals surface area (Å²) in [6, 6.07) is 9.30. The zero-order valence-electron chi connectivity index (χ0n) is 11.2. The normalized spacial score (nSPS) is 10.5. The third-order valence-corrected chi connectivity index (χ3v) is 3.79. The fraction of sp³-hybridized carbons (Fsp3) is 0.0714. The van der Waals surface area contributed by atoms with Crippen molar-refractivity contribution in [1.82, 2.24) is 9.97 Å². The molecular formula is C14H12N4O2S. The number of methoxy groups -OCH3 is 1. The number of fused-ring (bicyclic) bond motifs is 1. The van der Waals surface area contributed by atoms with E-state index in [4.69, 9.17) is 10.5 Å². The molecule has 2 aromatic heterocycles. The van der Waals surface area contributed by atoms with Gasteiger partial charge in [0.05, 0.1) is 29.2 Å². The van der Waals surface area contributed by atoms with Gasteiger partial charge in [-0.3, -0.25) is 0 Å². The van der Waals surface area contributed by atoms with E-state index < -0.39 is 5.97 Å². The van der Waals surface area contributed by atoms with Crippen LogP contribution >= 0.6 is 11.3 Å². The molecule has 0 aliphatic heterocycles. The Labute approximate surface area is 124 Å². The van der Waals surface area contributed by atoms with Gasteiger partial charge in [-0.2, -0.15) is 0 Å². The first kappa shape index (κ1) is 13.3. The largest absolute Gasteiger partial charge is 0.465 e. The zero-order valence-corrected chi connectivity index (χ0v) is 12.0. The van der Waals surface area contributed by atoms with E-state index in [0.29, 0.717) is 16.6 Å². The van der Waals surface area contributed by atoms with Gasteiger partial charge >= 0.3 is 5.97 Å². The monoisotopic (exact) mass is 300 g/mol. The van der Waals surface area contributed by atoms with Crippen molar-refractivity contribution in [3.8, 4) is 0 Å². The van der Waals surface area contributed by atoms with Crippen LogP contribution in [0.3, 0.4) is 0 Å². The maximum atomic E-state index is 11.8. The summed E-state index contributed by atoms with van der Waals surface area (Å²) < 4.78 is 5.79. The summed E-state index contributed by atoms with van der Waals surface area (Å²) in [4.78, 5) is 20.4. The molecule has 0 saturated carbocycles. The highest BCUT2D eigenvalue weighted by Gasteiger charge is 2.15. The molecule has 3 aromatic rings. The highest BCUT2D eigenvalue weighted by atomic mass is 32.1. The Hall–Kier alpha value is -2.67. The number of pyridine rings is 1. The Kier molecular flexibility index (Phi) is 3.41. The van der Waals surface area contributed by atoms with Crippen molar-refractivity contribution in [2.24, 2.45) is 0 Å². The van der Waals surface area contributed by atoms with Gasteiger partial charge < -0.3 is 15.8 Å². The number of hydrogen-bond donors (Lipinski definition) is 2. The Bertz CT molecular complexity index is 783. The van der Waals surface area contributed by atoms with Crippen molar-refractivity contribution in [2.45, 2.75) is 0 Å². The first-order valence-electron chi connectivity index (χ1n) is 6.14. The first-order chi connectivity index (χ1) is 10.2. The number of nitrogen functional groups attached to an aromatic ring is 1. The highest BCUT2D eigenvalue weighted by molar-refractivity contribution is 7.22. The lowest BCUT2D eigenvalue weighted by Gasteiger charge is -2.07. The molecule has 0 saturated heterocycles. The Morgan fingerprint density at radius 3 is 2.95 bits per heavy atom. The molecule has 0 spiro atoms. The lowest BCUT2D eigenvalue weighted by molar-refractivity contribution is 0.0601. The first-order valence-corrected chi connectivity index (χ1v) is 6.95. The van der Waals surface area contributed by atoms with Crippen LogP contribution in [-0.2, 0) is 4.74 Å². The van der Waals surface area contributed by atoms with Crippen molar-refractivity contribution < 1.29 is 9.53 Å². The Balaban J connectivity index is 1.99. The van der Waals surface area contributed by atoms with Crippen LogP contribution in [0.5, 0.6) is 0 Å². The maximum absolute atomic E-state index is 11.8. The summed E-state index contributed by atoms with van der Waals surface area (Å²) in [7, 11) is 1.31. The maximum Gasteiger partial charge on any atom is 0.341 e. The van der Waals surface area contributed by atoms with Crippen molar-refractivity contribution in [3.05, 3.63) is 42.1 Å². The van der Waals surface area contributed by atoms with E-state index in [9.17, 15) is 4.79 Å². The van der Waals surface area contributed by atoms with Crippen molar-refractivity contribution >= 4 is 44.2 Å². The molecular weight excluding hydrogens is 288 g/mol. The fourth-order valence-electron chi connectivity index (χ4n) is 1.87. The number of para-hydroxylation sites is 1. The fourth-order valence-corrected chi connectivity index (χ4v) is 2.74. The predicted octanol–water partition coefficient (Wildman–Crippen LogP) is 2.80. The minimum atomic E-state index is -0.501. The van der Waals surface area contributed by atoms with Gasteiger partial charge in [0.25, 0.3) is 0 Å². The van der Waals surface area contributed by atoms with Gasteiger partial charge in [0.15, 0.2) is 5.13 Å². The summed E-state index contributed by atoms with van der Waals surface area (Å²) in [5.74, 6) is -0.131.